The summed E-state index contributed by atoms with van der Waals surface area (Å²) in [7, 11) is -3.43. The van der Waals surface area contributed by atoms with Crippen LogP contribution >= 0.6 is 0 Å². The number of sulfonamides is 1. The Kier molecular flexibility index (Phi) is 5.28. The molecule has 2 aromatic rings. The second kappa shape index (κ2) is 6.99. The van der Waals surface area contributed by atoms with Gasteiger partial charge in [-0.25, -0.2) is 12.7 Å². The van der Waals surface area contributed by atoms with E-state index in [4.69, 9.17) is 10.3 Å². The number of hydrogen-bond acceptors (Lipinski definition) is 6. The number of nitrogens with two attached hydrogens (primary N) is 1. The Morgan fingerprint density at radius 2 is 1.82 bits per heavy atom. The number of benzene rings is 1. The molecule has 1 heterocycles. The lowest BCUT2D eigenvalue weighted by molar-refractivity contribution is 0.382. The van der Waals surface area contributed by atoms with Crippen molar-refractivity contribution in [1.29, 1.82) is 0 Å². The van der Waals surface area contributed by atoms with E-state index in [1.165, 1.54) is 4.31 Å². The van der Waals surface area contributed by atoms with Crippen LogP contribution in [0.4, 0.5) is 0 Å². The van der Waals surface area contributed by atoms with Crippen molar-refractivity contribution < 1.29 is 12.9 Å². The smallest absolute Gasteiger partial charge is 0.243 e. The Morgan fingerprint density at radius 3 is 2.36 bits per heavy atom. The van der Waals surface area contributed by atoms with E-state index < -0.39 is 10.0 Å². The van der Waals surface area contributed by atoms with Crippen LogP contribution in [0.3, 0.4) is 0 Å². The molecule has 0 atom stereocenters. The molecule has 0 saturated heterocycles. The summed E-state index contributed by atoms with van der Waals surface area (Å²) in [5, 5.41) is 3.84. The van der Waals surface area contributed by atoms with Crippen molar-refractivity contribution in [3.05, 3.63) is 35.7 Å². The van der Waals surface area contributed by atoms with Gasteiger partial charge in [-0.2, -0.15) is 4.98 Å². The van der Waals surface area contributed by atoms with Crippen LogP contribution in [-0.2, 0) is 22.3 Å². The molecule has 2 rings (SSSR count). The molecule has 0 saturated carbocycles. The molecule has 1 aromatic heterocycles. The van der Waals surface area contributed by atoms with Gasteiger partial charge < -0.3 is 10.3 Å². The summed E-state index contributed by atoms with van der Waals surface area (Å²) in [6, 6.07) is 7.40. The lowest BCUT2D eigenvalue weighted by Gasteiger charge is -2.16. The maximum atomic E-state index is 12.2. The minimum absolute atomic E-state index is 0.0878. The molecule has 22 heavy (non-hydrogen) atoms. The van der Waals surface area contributed by atoms with E-state index in [1.807, 2.05) is 24.3 Å². The van der Waals surface area contributed by atoms with Crippen LogP contribution < -0.4 is 5.73 Å². The molecule has 0 fully saturated rings. The van der Waals surface area contributed by atoms with Crippen LogP contribution in [0.1, 0.15) is 25.3 Å². The molecule has 0 amide bonds. The fraction of sp³-hybridized carbons (Fsp3) is 0.429. The zero-order valence-electron chi connectivity index (χ0n) is 12.7. The van der Waals surface area contributed by atoms with Crippen LogP contribution in [-0.4, -0.2) is 36.0 Å². The Balaban J connectivity index is 2.17. The van der Waals surface area contributed by atoms with E-state index in [0.29, 0.717) is 25.5 Å². The van der Waals surface area contributed by atoms with Gasteiger partial charge in [0.2, 0.25) is 21.7 Å². The third-order valence-electron chi connectivity index (χ3n) is 3.32. The molecular formula is C14H20N4O3S. The van der Waals surface area contributed by atoms with E-state index in [1.54, 1.807) is 13.8 Å². The minimum Gasteiger partial charge on any atom is -0.338 e. The molecule has 120 valence electrons. The summed E-state index contributed by atoms with van der Waals surface area (Å²) in [6.45, 7) is 4.87. The third kappa shape index (κ3) is 3.70. The average molecular weight is 324 g/mol. The first-order chi connectivity index (χ1) is 10.5. The summed E-state index contributed by atoms with van der Waals surface area (Å²) < 4.78 is 30.8. The van der Waals surface area contributed by atoms with Crippen LogP contribution in [0.25, 0.3) is 11.4 Å². The monoisotopic (exact) mass is 324 g/mol. The molecule has 0 aliphatic heterocycles. The molecule has 0 aliphatic carbocycles. The fourth-order valence-corrected chi connectivity index (χ4v) is 3.48. The highest BCUT2D eigenvalue weighted by atomic mass is 32.2. The van der Waals surface area contributed by atoms with Gasteiger partial charge in [0.1, 0.15) is 5.75 Å². The zero-order chi connectivity index (χ0) is 16.2. The van der Waals surface area contributed by atoms with Crippen molar-refractivity contribution in [3.8, 4) is 11.4 Å². The summed E-state index contributed by atoms with van der Waals surface area (Å²) >= 11 is 0. The van der Waals surface area contributed by atoms with Crippen LogP contribution in [0, 0.1) is 0 Å². The van der Waals surface area contributed by atoms with Crippen molar-refractivity contribution in [1.82, 2.24) is 14.4 Å². The lowest BCUT2D eigenvalue weighted by atomic mass is 10.1. The second-order valence-electron chi connectivity index (χ2n) is 4.75. The average Bonchev–Trinajstić information content (AvgIpc) is 2.96. The predicted molar refractivity (Wildman–Crippen MR) is 83.2 cm³/mol. The first kappa shape index (κ1) is 16.6. The van der Waals surface area contributed by atoms with Gasteiger partial charge in [0.05, 0.1) is 0 Å². The quantitative estimate of drug-likeness (QED) is 0.825. The van der Waals surface area contributed by atoms with Crippen molar-refractivity contribution >= 4 is 10.0 Å². The summed E-state index contributed by atoms with van der Waals surface area (Å²) in [5.41, 5.74) is 7.30. The van der Waals surface area contributed by atoms with Gasteiger partial charge in [-0.3, -0.25) is 0 Å². The first-order valence-electron chi connectivity index (χ1n) is 7.10. The van der Waals surface area contributed by atoms with Gasteiger partial charge in [-0.1, -0.05) is 43.3 Å². The predicted octanol–water partition coefficient (Wildman–Crippen LogP) is 1.37. The standard InChI is InChI=1S/C14H20N4O3S/c1-3-18(4-2)22(19,20)10-13-16-14(17-21-13)12-7-5-11(9-15)6-8-12/h5-8H,3-4,9-10,15H2,1-2H3. The highest BCUT2D eigenvalue weighted by molar-refractivity contribution is 7.88. The van der Waals surface area contributed by atoms with Gasteiger partial charge in [0.15, 0.2) is 0 Å². The molecule has 0 radical (unpaired) electrons. The Morgan fingerprint density at radius 1 is 1.18 bits per heavy atom. The van der Waals surface area contributed by atoms with Crippen LogP contribution in [0.5, 0.6) is 0 Å². The molecule has 0 aliphatic rings. The number of rotatable bonds is 7. The lowest BCUT2D eigenvalue weighted by Crippen LogP contribution is -2.31. The molecule has 8 heteroatoms. The molecule has 7 nitrogen and oxygen atoms in total. The molecule has 0 unspecified atom stereocenters. The molecule has 0 spiro atoms. The fourth-order valence-electron chi connectivity index (χ4n) is 2.08. The van der Waals surface area contributed by atoms with E-state index >= 15 is 0 Å². The maximum Gasteiger partial charge on any atom is 0.243 e. The highest BCUT2D eigenvalue weighted by Crippen LogP contribution is 2.18. The SMILES string of the molecule is CCN(CC)S(=O)(=O)Cc1nc(-c2ccc(CN)cc2)no1. The largest absolute Gasteiger partial charge is 0.338 e. The zero-order valence-corrected chi connectivity index (χ0v) is 13.5. The first-order valence-corrected chi connectivity index (χ1v) is 8.70. The summed E-state index contributed by atoms with van der Waals surface area (Å²) in [4.78, 5) is 4.16. The Labute approximate surface area is 130 Å². The van der Waals surface area contributed by atoms with Gasteiger partial charge in [0.25, 0.3) is 0 Å². The van der Waals surface area contributed by atoms with E-state index in [9.17, 15) is 8.42 Å². The molecule has 0 bridgehead atoms. The number of aromatic nitrogens is 2. The van der Waals surface area contributed by atoms with Gasteiger partial charge in [0, 0.05) is 25.2 Å². The van der Waals surface area contributed by atoms with Gasteiger partial charge in [-0.05, 0) is 5.56 Å². The van der Waals surface area contributed by atoms with Crippen molar-refractivity contribution in [2.75, 3.05) is 13.1 Å². The van der Waals surface area contributed by atoms with E-state index in [0.717, 1.165) is 11.1 Å². The van der Waals surface area contributed by atoms with Gasteiger partial charge in [-0.15, -0.1) is 0 Å². The van der Waals surface area contributed by atoms with Crippen LogP contribution in [0.2, 0.25) is 0 Å². The van der Waals surface area contributed by atoms with E-state index in [2.05, 4.69) is 10.1 Å². The number of hydrogen-bond donors (Lipinski definition) is 1. The van der Waals surface area contributed by atoms with Crippen LogP contribution in [0.15, 0.2) is 28.8 Å². The Hall–Kier alpha value is -1.77. The topological polar surface area (TPSA) is 102 Å². The van der Waals surface area contributed by atoms with Crippen molar-refractivity contribution in [2.24, 2.45) is 5.73 Å². The number of nitrogens with zero attached hydrogens (tertiary/aromatic N) is 3. The second-order valence-corrected chi connectivity index (χ2v) is 6.72. The maximum absolute atomic E-state index is 12.2. The van der Waals surface area contributed by atoms with Crippen molar-refractivity contribution in [2.45, 2.75) is 26.1 Å². The van der Waals surface area contributed by atoms with Crippen molar-refractivity contribution in [3.63, 3.8) is 0 Å². The highest BCUT2D eigenvalue weighted by Gasteiger charge is 2.23. The molecule has 2 N–H and O–H groups in total. The van der Waals surface area contributed by atoms with E-state index in [-0.39, 0.29) is 11.6 Å². The minimum atomic E-state index is -3.43. The van der Waals surface area contributed by atoms with Gasteiger partial charge >= 0.3 is 0 Å². The normalized spacial score (nSPS) is 12.0. The summed E-state index contributed by atoms with van der Waals surface area (Å²) in [6.07, 6.45) is 0. The summed E-state index contributed by atoms with van der Waals surface area (Å²) in [5.74, 6) is 0.167. The molecule has 1 aromatic carbocycles. The molecular weight excluding hydrogens is 304 g/mol. The Bertz CT molecular complexity index is 706. The third-order valence-corrected chi connectivity index (χ3v) is 5.24.